The molecule has 0 spiro atoms. The van der Waals surface area contributed by atoms with Gasteiger partial charge in [0.25, 0.3) is 0 Å². The first-order valence-corrected chi connectivity index (χ1v) is 9.07. The van der Waals surface area contributed by atoms with Crippen LogP contribution in [0, 0.1) is 11.7 Å². The third-order valence-corrected chi connectivity index (χ3v) is 6.19. The smallest absolute Gasteiger partial charge is 0.231 e. The van der Waals surface area contributed by atoms with Gasteiger partial charge in [0.15, 0.2) is 5.15 Å². The molecular formula is C14H13ClFN3OS2. The number of hydrogen-bond donors (Lipinski definition) is 0. The van der Waals surface area contributed by atoms with E-state index in [1.807, 2.05) is 6.26 Å². The number of hydrogen-bond acceptors (Lipinski definition) is 5. The second-order valence-corrected chi connectivity index (χ2v) is 7.43. The minimum absolute atomic E-state index is 0.0498. The number of thioether (sulfide) groups is 1. The summed E-state index contributed by atoms with van der Waals surface area (Å²) in [4.78, 5) is 22.0. The maximum absolute atomic E-state index is 13.3. The normalized spacial score (nSPS) is 20.0. The van der Waals surface area contributed by atoms with Crippen molar-refractivity contribution in [2.45, 2.75) is 11.7 Å². The topological polar surface area (TPSA) is 46.1 Å². The fraction of sp³-hybridized carbons (Fsp3) is 0.357. The van der Waals surface area contributed by atoms with Gasteiger partial charge in [-0.15, -0.1) is 0 Å². The second-order valence-electron chi connectivity index (χ2n) is 5.02. The predicted octanol–water partition coefficient (Wildman–Crippen LogP) is 3.71. The van der Waals surface area contributed by atoms with Crippen LogP contribution in [0.4, 0.5) is 9.39 Å². The summed E-state index contributed by atoms with van der Waals surface area (Å²) in [7, 11) is 1.70. The molecule has 116 valence electrons. The van der Waals surface area contributed by atoms with Crippen LogP contribution in [-0.2, 0) is 4.79 Å². The number of carbonyl (C=O) groups is 1. The van der Waals surface area contributed by atoms with Crippen molar-refractivity contribution in [2.75, 3.05) is 18.2 Å². The van der Waals surface area contributed by atoms with Crippen molar-refractivity contribution in [1.29, 1.82) is 0 Å². The van der Waals surface area contributed by atoms with Crippen molar-refractivity contribution < 1.29 is 9.18 Å². The van der Waals surface area contributed by atoms with Gasteiger partial charge in [0.1, 0.15) is 15.8 Å². The molecule has 2 atom stereocenters. The molecule has 8 heteroatoms. The first-order valence-electron chi connectivity index (χ1n) is 6.59. The molecule has 2 aromatic rings. The van der Waals surface area contributed by atoms with E-state index in [-0.39, 0.29) is 17.0 Å². The number of amides is 1. The lowest BCUT2D eigenvalue weighted by atomic mass is 10.3. The van der Waals surface area contributed by atoms with Gasteiger partial charge in [-0.1, -0.05) is 22.9 Å². The predicted molar refractivity (Wildman–Crippen MR) is 89.1 cm³/mol. The summed E-state index contributed by atoms with van der Waals surface area (Å²) in [6.07, 6.45) is 5.56. The van der Waals surface area contributed by atoms with Crippen LogP contribution in [0.1, 0.15) is 6.42 Å². The molecule has 2 aromatic heterocycles. The molecule has 3 rings (SSSR count). The number of thiazole rings is 1. The van der Waals surface area contributed by atoms with E-state index in [2.05, 4.69) is 9.97 Å². The van der Waals surface area contributed by atoms with Crippen LogP contribution in [0.25, 0.3) is 10.6 Å². The Morgan fingerprint density at radius 2 is 2.32 bits per heavy atom. The molecule has 0 saturated heterocycles. The highest BCUT2D eigenvalue weighted by atomic mass is 35.5. The highest BCUT2D eigenvalue weighted by molar-refractivity contribution is 7.99. The fourth-order valence-corrected chi connectivity index (χ4v) is 4.32. The standard InChI is InChI=1S/C14H13ClFN3OS2/c1-19(13(20)9-4-10(9)21-2)14-11(15)18-12(22-14)7-3-8(16)6-17-5-7/h3,5-6,9-10H,4H2,1-2H3. The van der Waals surface area contributed by atoms with Crippen LogP contribution >= 0.6 is 34.7 Å². The van der Waals surface area contributed by atoms with E-state index in [0.717, 1.165) is 12.6 Å². The molecular weight excluding hydrogens is 345 g/mol. The Hall–Kier alpha value is -1.18. The highest BCUT2D eigenvalue weighted by Crippen LogP contribution is 2.44. The highest BCUT2D eigenvalue weighted by Gasteiger charge is 2.44. The molecule has 1 saturated carbocycles. The second kappa shape index (κ2) is 6.14. The Labute approximate surface area is 140 Å². The average molecular weight is 358 g/mol. The molecule has 0 aliphatic heterocycles. The molecule has 1 fully saturated rings. The maximum Gasteiger partial charge on any atom is 0.231 e. The minimum Gasteiger partial charge on any atom is -0.304 e. The van der Waals surface area contributed by atoms with Crippen LogP contribution in [0.5, 0.6) is 0 Å². The summed E-state index contributed by atoms with van der Waals surface area (Å²) in [6.45, 7) is 0. The van der Waals surface area contributed by atoms with Crippen molar-refractivity contribution in [1.82, 2.24) is 9.97 Å². The molecule has 1 aliphatic rings. The largest absolute Gasteiger partial charge is 0.304 e. The number of pyridine rings is 1. The van der Waals surface area contributed by atoms with Crippen molar-refractivity contribution in [3.05, 3.63) is 29.4 Å². The van der Waals surface area contributed by atoms with Crippen LogP contribution in [0.3, 0.4) is 0 Å². The number of nitrogens with zero attached hydrogens (tertiary/aromatic N) is 3. The lowest BCUT2D eigenvalue weighted by Gasteiger charge is -2.14. The molecule has 0 aromatic carbocycles. The van der Waals surface area contributed by atoms with Crippen LogP contribution in [0.15, 0.2) is 18.5 Å². The lowest BCUT2D eigenvalue weighted by molar-refractivity contribution is -0.119. The summed E-state index contributed by atoms with van der Waals surface area (Å²) < 4.78 is 13.3. The van der Waals surface area contributed by atoms with Crippen LogP contribution in [-0.4, -0.2) is 34.4 Å². The first kappa shape index (κ1) is 15.7. The maximum atomic E-state index is 13.3. The van der Waals surface area contributed by atoms with Crippen molar-refractivity contribution in [2.24, 2.45) is 5.92 Å². The molecule has 0 N–H and O–H groups in total. The van der Waals surface area contributed by atoms with E-state index < -0.39 is 5.82 Å². The molecule has 2 unspecified atom stereocenters. The summed E-state index contributed by atoms with van der Waals surface area (Å²) >= 11 is 9.12. The van der Waals surface area contributed by atoms with Crippen LogP contribution in [0.2, 0.25) is 5.15 Å². The van der Waals surface area contributed by atoms with Gasteiger partial charge in [0.05, 0.1) is 12.1 Å². The monoisotopic (exact) mass is 357 g/mol. The molecule has 1 aliphatic carbocycles. The quantitative estimate of drug-likeness (QED) is 0.836. The van der Waals surface area contributed by atoms with Crippen LogP contribution < -0.4 is 4.90 Å². The summed E-state index contributed by atoms with van der Waals surface area (Å²) in [6, 6.07) is 1.35. The van der Waals surface area contributed by atoms with E-state index in [1.54, 1.807) is 23.7 Å². The Morgan fingerprint density at radius 1 is 1.55 bits per heavy atom. The van der Waals surface area contributed by atoms with E-state index in [9.17, 15) is 9.18 Å². The number of anilines is 1. The zero-order valence-electron chi connectivity index (χ0n) is 11.9. The molecule has 4 nitrogen and oxygen atoms in total. The summed E-state index contributed by atoms with van der Waals surface area (Å²) in [5, 5.41) is 1.77. The fourth-order valence-electron chi connectivity index (χ4n) is 2.19. The zero-order valence-corrected chi connectivity index (χ0v) is 14.3. The molecule has 0 radical (unpaired) electrons. The lowest BCUT2D eigenvalue weighted by Crippen LogP contribution is -2.28. The minimum atomic E-state index is -0.435. The molecule has 1 amide bonds. The third kappa shape index (κ3) is 2.98. The first-order chi connectivity index (χ1) is 10.5. The van der Waals surface area contributed by atoms with Gasteiger partial charge in [-0.2, -0.15) is 11.8 Å². The number of aromatic nitrogens is 2. The van der Waals surface area contributed by atoms with Gasteiger partial charge in [-0.05, 0) is 18.7 Å². The van der Waals surface area contributed by atoms with Gasteiger partial charge in [-0.25, -0.2) is 9.37 Å². The van der Waals surface area contributed by atoms with E-state index in [1.165, 1.54) is 23.6 Å². The zero-order chi connectivity index (χ0) is 15.9. The van der Waals surface area contributed by atoms with Gasteiger partial charge in [-0.3, -0.25) is 9.78 Å². The molecule has 2 heterocycles. The Kier molecular flexibility index (Phi) is 4.38. The Morgan fingerprint density at radius 3 is 2.95 bits per heavy atom. The van der Waals surface area contributed by atoms with E-state index in [4.69, 9.17) is 11.6 Å². The molecule has 22 heavy (non-hydrogen) atoms. The third-order valence-electron chi connectivity index (χ3n) is 3.51. The summed E-state index contributed by atoms with van der Waals surface area (Å²) in [5.41, 5.74) is 0.549. The SMILES string of the molecule is CSC1CC1C(=O)N(C)c1sc(-c2cncc(F)c2)nc1Cl. The van der Waals surface area contributed by atoms with Crippen molar-refractivity contribution >= 4 is 45.6 Å². The number of rotatable bonds is 4. The number of carbonyl (C=O) groups excluding carboxylic acids is 1. The summed E-state index contributed by atoms with van der Waals surface area (Å²) in [5.74, 6) is -0.332. The Balaban J connectivity index is 1.85. The van der Waals surface area contributed by atoms with E-state index >= 15 is 0 Å². The van der Waals surface area contributed by atoms with E-state index in [0.29, 0.717) is 20.8 Å². The van der Waals surface area contributed by atoms with Gasteiger partial charge >= 0.3 is 0 Å². The average Bonchev–Trinajstić information content (AvgIpc) is 3.20. The number of halogens is 2. The molecule has 0 bridgehead atoms. The van der Waals surface area contributed by atoms with Crippen molar-refractivity contribution in [3.63, 3.8) is 0 Å². The van der Waals surface area contributed by atoms with Crippen molar-refractivity contribution in [3.8, 4) is 10.6 Å². The Bertz CT molecular complexity index is 724. The van der Waals surface area contributed by atoms with Gasteiger partial charge < -0.3 is 4.90 Å². The van der Waals surface area contributed by atoms with Gasteiger partial charge in [0.2, 0.25) is 5.91 Å². The van der Waals surface area contributed by atoms with Gasteiger partial charge in [0, 0.05) is 24.1 Å².